The molecule has 8 nitrogen and oxygen atoms in total. The number of aliphatic hydroxyl groups is 1. The van der Waals surface area contributed by atoms with Crippen LogP contribution in [-0.2, 0) is 17.0 Å². The van der Waals surface area contributed by atoms with Crippen molar-refractivity contribution < 1.29 is 28.9 Å². The van der Waals surface area contributed by atoms with Gasteiger partial charge in [0.2, 0.25) is 5.78 Å². The highest BCUT2D eigenvalue weighted by molar-refractivity contribution is 9.10. The number of hydrogen-bond donors (Lipinski definition) is 1. The zero-order valence-corrected chi connectivity index (χ0v) is 23.9. The highest BCUT2D eigenvalue weighted by Crippen LogP contribution is 2.49. The van der Waals surface area contributed by atoms with Gasteiger partial charge in [-0.3, -0.25) is 14.6 Å². The molecule has 1 N–H and O–H groups in total. The van der Waals surface area contributed by atoms with E-state index in [-0.39, 0.29) is 19.1 Å². The summed E-state index contributed by atoms with van der Waals surface area (Å²) in [5, 5.41) is 12.5. The minimum Gasteiger partial charge on any atom is -0.488 e. The summed E-state index contributed by atoms with van der Waals surface area (Å²) in [5.41, 5.74) is 3.48. The zero-order valence-electron chi connectivity index (χ0n) is 22.3. The van der Waals surface area contributed by atoms with Crippen LogP contribution in [0, 0.1) is 6.92 Å². The van der Waals surface area contributed by atoms with E-state index in [2.05, 4.69) is 15.9 Å². The molecule has 7 rings (SSSR count). The first-order valence-electron chi connectivity index (χ1n) is 13.3. The van der Waals surface area contributed by atoms with Crippen molar-refractivity contribution in [1.29, 1.82) is 0 Å². The molecule has 0 aliphatic carbocycles. The standard InChI is InChI=1S/C32H25BrN2O6/c1-3-35-24-7-5-18(12-27(24)40-16-28(35)36)30(37)31-32(38,23-13-21(33)6-9-26(23)41-31)20-11-19-15-39-25-8-4-17(2)10-22(25)29(19)34-14-20/h4-14,31,38H,3,15-16H2,1-2H3/t31-,32-/m1/s1. The molecule has 0 saturated heterocycles. The maximum Gasteiger partial charge on any atom is 0.265 e. The monoisotopic (exact) mass is 612 g/mol. The molecule has 0 bridgehead atoms. The van der Waals surface area contributed by atoms with Gasteiger partial charge in [-0.15, -0.1) is 0 Å². The number of pyridine rings is 1. The Kier molecular flexibility index (Phi) is 5.92. The third kappa shape index (κ3) is 3.94. The summed E-state index contributed by atoms with van der Waals surface area (Å²) in [6.07, 6.45) is 0.313. The van der Waals surface area contributed by atoms with Crippen LogP contribution >= 0.6 is 15.9 Å². The summed E-state index contributed by atoms with van der Waals surface area (Å²) in [6, 6.07) is 18.0. The molecule has 3 aliphatic heterocycles. The number of halogens is 1. The van der Waals surface area contributed by atoms with Crippen molar-refractivity contribution >= 4 is 33.3 Å². The van der Waals surface area contributed by atoms with Crippen molar-refractivity contribution in [3.8, 4) is 28.5 Å². The van der Waals surface area contributed by atoms with Gasteiger partial charge < -0.3 is 24.2 Å². The van der Waals surface area contributed by atoms with E-state index in [9.17, 15) is 14.7 Å². The number of ketones is 1. The summed E-state index contributed by atoms with van der Waals surface area (Å²) in [4.78, 5) is 32.7. The van der Waals surface area contributed by atoms with Gasteiger partial charge in [-0.1, -0.05) is 27.6 Å². The normalized spacial score (nSPS) is 20.1. The summed E-state index contributed by atoms with van der Waals surface area (Å²) in [7, 11) is 0. The minimum absolute atomic E-state index is 0.104. The Bertz CT molecular complexity index is 1770. The van der Waals surface area contributed by atoms with E-state index in [1.165, 1.54) is 0 Å². The van der Waals surface area contributed by atoms with Gasteiger partial charge in [0, 0.05) is 45.0 Å². The van der Waals surface area contributed by atoms with Crippen LogP contribution in [0.4, 0.5) is 5.69 Å². The predicted molar refractivity (Wildman–Crippen MR) is 155 cm³/mol. The first-order valence-corrected chi connectivity index (χ1v) is 14.1. The fourth-order valence-electron chi connectivity index (χ4n) is 5.84. The van der Waals surface area contributed by atoms with E-state index in [4.69, 9.17) is 19.2 Å². The first-order chi connectivity index (χ1) is 19.8. The van der Waals surface area contributed by atoms with Gasteiger partial charge in [0.05, 0.1) is 11.4 Å². The van der Waals surface area contributed by atoms with E-state index in [1.807, 2.05) is 38.1 Å². The average Bonchev–Trinajstić information content (AvgIpc) is 3.28. The molecule has 3 aliphatic rings. The fourth-order valence-corrected chi connectivity index (χ4v) is 6.20. The molecule has 1 amide bonds. The zero-order chi connectivity index (χ0) is 28.5. The Labute approximate surface area is 244 Å². The van der Waals surface area contributed by atoms with Gasteiger partial charge in [0.15, 0.2) is 18.3 Å². The van der Waals surface area contributed by atoms with Gasteiger partial charge >= 0.3 is 0 Å². The number of ether oxygens (including phenoxy) is 3. The van der Waals surface area contributed by atoms with Crippen LogP contribution in [0.3, 0.4) is 0 Å². The number of anilines is 1. The molecular weight excluding hydrogens is 588 g/mol. The van der Waals surface area contributed by atoms with Crippen LogP contribution in [0.5, 0.6) is 17.2 Å². The molecular formula is C32H25BrN2O6. The maximum atomic E-state index is 14.1. The number of aromatic nitrogens is 1. The number of carbonyl (C=O) groups is 2. The lowest BCUT2D eigenvalue weighted by Crippen LogP contribution is -2.45. The number of hydrogen-bond acceptors (Lipinski definition) is 7. The van der Waals surface area contributed by atoms with E-state index < -0.39 is 17.5 Å². The van der Waals surface area contributed by atoms with Crippen LogP contribution in [0.1, 0.15) is 39.5 Å². The number of rotatable bonds is 4. The molecule has 0 saturated carbocycles. The third-order valence-electron chi connectivity index (χ3n) is 7.90. The van der Waals surface area contributed by atoms with Crippen LogP contribution in [-0.4, -0.2) is 41.0 Å². The molecule has 206 valence electrons. The van der Waals surface area contributed by atoms with Crippen LogP contribution in [0.2, 0.25) is 0 Å². The highest BCUT2D eigenvalue weighted by atomic mass is 79.9. The van der Waals surface area contributed by atoms with Crippen molar-refractivity contribution in [3.63, 3.8) is 0 Å². The molecule has 4 heterocycles. The van der Waals surface area contributed by atoms with E-state index in [0.29, 0.717) is 40.4 Å². The number of benzene rings is 3. The molecule has 0 radical (unpaired) electrons. The predicted octanol–water partition coefficient (Wildman–Crippen LogP) is 5.34. The van der Waals surface area contributed by atoms with Crippen molar-refractivity contribution in [3.05, 3.63) is 99.2 Å². The number of aryl methyl sites for hydroxylation is 1. The molecule has 2 atom stereocenters. The van der Waals surface area contributed by atoms with Gasteiger partial charge in [0.1, 0.15) is 23.9 Å². The smallest absolute Gasteiger partial charge is 0.265 e. The number of Topliss-reactive ketones (excluding diaryl/α,β-unsaturated/α-hetero) is 1. The average molecular weight is 613 g/mol. The second-order valence-electron chi connectivity index (χ2n) is 10.4. The summed E-state index contributed by atoms with van der Waals surface area (Å²) in [6.45, 7) is 4.55. The first kappa shape index (κ1) is 25.7. The number of nitrogens with zero attached hydrogens (tertiary/aromatic N) is 2. The Hall–Kier alpha value is -4.21. The van der Waals surface area contributed by atoms with Gasteiger partial charge in [-0.05, 0) is 68.4 Å². The summed E-state index contributed by atoms with van der Waals surface area (Å²) >= 11 is 3.50. The van der Waals surface area contributed by atoms with Crippen LogP contribution < -0.4 is 19.1 Å². The fraction of sp³-hybridized carbons (Fsp3) is 0.219. The number of fused-ring (bicyclic) bond motifs is 5. The molecule has 1 aromatic heterocycles. The van der Waals surface area contributed by atoms with Gasteiger partial charge in [-0.25, -0.2) is 0 Å². The second kappa shape index (κ2) is 9.43. The van der Waals surface area contributed by atoms with E-state index in [1.54, 1.807) is 47.5 Å². The summed E-state index contributed by atoms with van der Waals surface area (Å²) < 4.78 is 18.6. The molecule has 9 heteroatoms. The second-order valence-corrected chi connectivity index (χ2v) is 11.3. The summed E-state index contributed by atoms with van der Waals surface area (Å²) in [5.74, 6) is 1.02. The number of amides is 1. The Morgan fingerprint density at radius 1 is 1.05 bits per heavy atom. The molecule has 0 unspecified atom stereocenters. The van der Waals surface area contributed by atoms with Gasteiger partial charge in [0.25, 0.3) is 5.91 Å². The Balaban J connectivity index is 1.33. The largest absolute Gasteiger partial charge is 0.488 e. The van der Waals surface area contributed by atoms with Crippen molar-refractivity contribution in [2.45, 2.75) is 32.2 Å². The molecule has 0 spiro atoms. The third-order valence-corrected chi connectivity index (χ3v) is 8.39. The molecule has 41 heavy (non-hydrogen) atoms. The van der Waals surface area contributed by atoms with Crippen molar-refractivity contribution in [1.82, 2.24) is 4.98 Å². The number of likely N-dealkylation sites (N-methyl/N-ethyl adjacent to an activating group) is 1. The number of carbonyl (C=O) groups excluding carboxylic acids is 2. The lowest BCUT2D eigenvalue weighted by molar-refractivity contribution is -0.121. The molecule has 4 aromatic rings. The lowest BCUT2D eigenvalue weighted by atomic mass is 9.80. The quantitative estimate of drug-likeness (QED) is 0.311. The lowest BCUT2D eigenvalue weighted by Gasteiger charge is -2.31. The topological polar surface area (TPSA) is 98.2 Å². The maximum absolute atomic E-state index is 14.1. The minimum atomic E-state index is -1.84. The van der Waals surface area contributed by atoms with Crippen molar-refractivity contribution in [2.24, 2.45) is 0 Å². The Morgan fingerprint density at radius 3 is 2.68 bits per heavy atom. The van der Waals surface area contributed by atoms with E-state index in [0.717, 1.165) is 32.6 Å². The SMILES string of the molecule is CCN1C(=O)COc2cc(C(=O)[C@H]3Oc4ccc(Br)cc4[C@]3(O)c3cnc4c(c3)COc3ccc(C)cc3-4)ccc21. The highest BCUT2D eigenvalue weighted by Gasteiger charge is 2.53. The van der Waals surface area contributed by atoms with Crippen LogP contribution in [0.15, 0.2) is 71.3 Å². The Morgan fingerprint density at radius 2 is 1.85 bits per heavy atom. The van der Waals surface area contributed by atoms with Gasteiger partial charge in [-0.2, -0.15) is 0 Å². The van der Waals surface area contributed by atoms with E-state index >= 15 is 0 Å². The van der Waals surface area contributed by atoms with Crippen molar-refractivity contribution in [2.75, 3.05) is 18.1 Å². The van der Waals surface area contributed by atoms with Crippen LogP contribution in [0.25, 0.3) is 11.3 Å². The molecule has 3 aromatic carbocycles. The molecule has 0 fully saturated rings.